The third-order valence-electron chi connectivity index (χ3n) is 6.90. The van der Waals surface area contributed by atoms with Crippen LogP contribution in [0.5, 0.6) is 0 Å². The van der Waals surface area contributed by atoms with E-state index in [1.165, 1.54) is 16.7 Å². The lowest BCUT2D eigenvalue weighted by molar-refractivity contribution is -0.114. The Balaban J connectivity index is 1.72. The number of aliphatic hydroxyl groups is 1. The van der Waals surface area contributed by atoms with Crippen molar-refractivity contribution in [3.05, 3.63) is 94.3 Å². The molecular formula is C29H32O2. The Hall–Kier alpha value is -2.87. The van der Waals surface area contributed by atoms with Crippen LogP contribution in [0, 0.1) is 6.92 Å². The van der Waals surface area contributed by atoms with Crippen molar-refractivity contribution >= 4 is 16.9 Å². The molecule has 2 aliphatic rings. The summed E-state index contributed by atoms with van der Waals surface area (Å²) in [5.74, 6) is 0.241. The molecule has 0 fully saturated rings. The van der Waals surface area contributed by atoms with Crippen LogP contribution in [0.15, 0.2) is 60.9 Å². The normalized spacial score (nSPS) is 19.3. The summed E-state index contributed by atoms with van der Waals surface area (Å²) in [4.78, 5) is 12.3. The molecule has 160 valence electrons. The maximum atomic E-state index is 12.3. The Kier molecular flexibility index (Phi) is 5.08. The molecule has 2 heteroatoms. The molecule has 2 aromatic rings. The molecule has 1 N–H and O–H groups in total. The summed E-state index contributed by atoms with van der Waals surface area (Å²) in [7, 11) is 0. The predicted octanol–water partition coefficient (Wildman–Crippen LogP) is 7.20. The number of aliphatic hydroxyl groups excluding tert-OH is 1. The van der Waals surface area contributed by atoms with Crippen molar-refractivity contribution in [2.24, 2.45) is 0 Å². The number of ketones is 1. The minimum Gasteiger partial charge on any atom is -0.512 e. The zero-order valence-electron chi connectivity index (χ0n) is 19.3. The molecule has 0 spiro atoms. The van der Waals surface area contributed by atoms with E-state index < -0.39 is 0 Å². The van der Waals surface area contributed by atoms with Gasteiger partial charge < -0.3 is 5.11 Å². The molecule has 0 unspecified atom stereocenters. The van der Waals surface area contributed by atoms with E-state index in [0.717, 1.165) is 28.7 Å². The smallest absolute Gasteiger partial charge is 0.166 e. The summed E-state index contributed by atoms with van der Waals surface area (Å²) in [6.45, 7) is 15.6. The molecule has 0 saturated carbocycles. The monoisotopic (exact) mass is 412 g/mol. The minimum atomic E-state index is -0.0250. The maximum Gasteiger partial charge on any atom is 0.166 e. The van der Waals surface area contributed by atoms with Crippen molar-refractivity contribution in [1.82, 2.24) is 0 Å². The highest BCUT2D eigenvalue weighted by atomic mass is 16.3. The number of rotatable bonds is 3. The van der Waals surface area contributed by atoms with Gasteiger partial charge in [-0.25, -0.2) is 0 Å². The standard InChI is InChI=1S/C29H32O2/c1-18-16-23-24(29(5,6)15-14-28(23,3)4)17-22(18)19(2)20-10-12-21(13-11-20)27-25(30)8-7-9-26(27)31/h10-17,30H,2,7-9H2,1,3-6H3. The Bertz CT molecular complexity index is 1140. The quantitative estimate of drug-likeness (QED) is 0.541. The van der Waals surface area contributed by atoms with Gasteiger partial charge in [0.2, 0.25) is 0 Å². The first-order chi connectivity index (χ1) is 14.5. The van der Waals surface area contributed by atoms with Gasteiger partial charge in [-0.3, -0.25) is 4.79 Å². The fourth-order valence-corrected chi connectivity index (χ4v) is 4.84. The van der Waals surface area contributed by atoms with Crippen molar-refractivity contribution in [1.29, 1.82) is 0 Å². The highest BCUT2D eigenvalue weighted by Crippen LogP contribution is 2.43. The average molecular weight is 413 g/mol. The summed E-state index contributed by atoms with van der Waals surface area (Å²) >= 11 is 0. The first-order valence-corrected chi connectivity index (χ1v) is 11.1. The topological polar surface area (TPSA) is 37.3 Å². The second-order valence-electron chi connectivity index (χ2n) is 10.1. The fourth-order valence-electron chi connectivity index (χ4n) is 4.84. The van der Waals surface area contributed by atoms with Gasteiger partial charge in [-0.2, -0.15) is 0 Å². The number of aryl methyl sites for hydroxylation is 1. The lowest BCUT2D eigenvalue weighted by Gasteiger charge is -2.37. The molecule has 0 saturated heterocycles. The van der Waals surface area contributed by atoms with Crippen molar-refractivity contribution in [2.45, 2.75) is 64.7 Å². The number of allylic oxidation sites excluding steroid dienone is 4. The van der Waals surface area contributed by atoms with Crippen LogP contribution in [0.1, 0.15) is 80.3 Å². The van der Waals surface area contributed by atoms with Crippen LogP contribution in [-0.4, -0.2) is 10.9 Å². The number of hydrogen-bond acceptors (Lipinski definition) is 2. The van der Waals surface area contributed by atoms with Crippen LogP contribution < -0.4 is 0 Å². The third-order valence-corrected chi connectivity index (χ3v) is 6.90. The van der Waals surface area contributed by atoms with Crippen LogP contribution in [0.2, 0.25) is 0 Å². The zero-order chi connectivity index (χ0) is 22.6. The summed E-state index contributed by atoms with van der Waals surface area (Å²) in [5.41, 5.74) is 8.35. The number of fused-ring (bicyclic) bond motifs is 1. The van der Waals surface area contributed by atoms with Gasteiger partial charge in [0.05, 0.1) is 5.57 Å². The Morgan fingerprint density at radius 3 is 2.10 bits per heavy atom. The minimum absolute atomic E-state index is 0.0133. The number of carbonyl (C=O) groups is 1. The van der Waals surface area contributed by atoms with E-state index in [2.05, 4.69) is 65.5 Å². The Labute approximate surface area is 186 Å². The summed E-state index contributed by atoms with van der Waals surface area (Å²) in [5, 5.41) is 10.2. The van der Waals surface area contributed by atoms with E-state index in [-0.39, 0.29) is 22.4 Å². The molecule has 2 nitrogen and oxygen atoms in total. The molecule has 0 aliphatic heterocycles. The molecule has 0 radical (unpaired) electrons. The van der Waals surface area contributed by atoms with Crippen LogP contribution in [0.4, 0.5) is 0 Å². The summed E-state index contributed by atoms with van der Waals surface area (Å²) < 4.78 is 0. The van der Waals surface area contributed by atoms with E-state index in [4.69, 9.17) is 0 Å². The van der Waals surface area contributed by atoms with E-state index >= 15 is 0 Å². The van der Waals surface area contributed by atoms with Crippen molar-refractivity contribution in [3.63, 3.8) is 0 Å². The SMILES string of the molecule is C=C(c1ccc(C2=C(O)CCCC2=O)cc1)c1cc2c(cc1C)C(C)(C)C=CC2(C)C. The van der Waals surface area contributed by atoms with Gasteiger partial charge in [0.25, 0.3) is 0 Å². The molecule has 0 aromatic heterocycles. The maximum absolute atomic E-state index is 12.3. The zero-order valence-corrected chi connectivity index (χ0v) is 19.3. The molecule has 4 rings (SSSR count). The van der Waals surface area contributed by atoms with E-state index in [1.807, 2.05) is 24.3 Å². The van der Waals surface area contributed by atoms with Crippen molar-refractivity contribution in [2.75, 3.05) is 0 Å². The third kappa shape index (κ3) is 3.69. The van der Waals surface area contributed by atoms with Crippen LogP contribution >= 0.6 is 0 Å². The highest BCUT2D eigenvalue weighted by Gasteiger charge is 2.33. The average Bonchev–Trinajstić information content (AvgIpc) is 2.71. The molecule has 0 atom stereocenters. The van der Waals surface area contributed by atoms with Gasteiger partial charge in [-0.15, -0.1) is 0 Å². The van der Waals surface area contributed by atoms with Gasteiger partial charge in [-0.05, 0) is 58.4 Å². The first kappa shape index (κ1) is 21.4. The summed E-state index contributed by atoms with van der Waals surface area (Å²) in [6, 6.07) is 12.5. The lowest BCUT2D eigenvalue weighted by Crippen LogP contribution is -2.29. The molecular weight excluding hydrogens is 380 g/mol. The summed E-state index contributed by atoms with van der Waals surface area (Å²) in [6.07, 6.45) is 6.43. The van der Waals surface area contributed by atoms with Crippen LogP contribution in [-0.2, 0) is 15.6 Å². The van der Waals surface area contributed by atoms with E-state index in [9.17, 15) is 9.90 Å². The molecule has 2 aliphatic carbocycles. The highest BCUT2D eigenvalue weighted by molar-refractivity contribution is 6.21. The number of carbonyl (C=O) groups excluding carboxylic acids is 1. The van der Waals surface area contributed by atoms with Gasteiger partial charge in [0.15, 0.2) is 5.78 Å². The fraction of sp³-hybridized carbons (Fsp3) is 0.345. The molecule has 2 aromatic carbocycles. The van der Waals surface area contributed by atoms with E-state index in [0.29, 0.717) is 18.4 Å². The largest absolute Gasteiger partial charge is 0.512 e. The molecule has 31 heavy (non-hydrogen) atoms. The number of Topliss-reactive ketones (excluding diaryl/α,β-unsaturated/α-hetero) is 1. The Morgan fingerprint density at radius 1 is 0.935 bits per heavy atom. The first-order valence-electron chi connectivity index (χ1n) is 11.1. The molecule has 0 heterocycles. The number of hydrogen-bond donors (Lipinski definition) is 1. The van der Waals surface area contributed by atoms with Crippen molar-refractivity contribution in [3.8, 4) is 0 Å². The van der Waals surface area contributed by atoms with Crippen molar-refractivity contribution < 1.29 is 9.90 Å². The molecule has 0 bridgehead atoms. The number of benzene rings is 2. The second kappa shape index (κ2) is 7.37. The second-order valence-corrected chi connectivity index (χ2v) is 10.1. The van der Waals surface area contributed by atoms with Gasteiger partial charge in [-0.1, -0.05) is 76.8 Å². The Morgan fingerprint density at radius 2 is 1.52 bits per heavy atom. The van der Waals surface area contributed by atoms with Gasteiger partial charge in [0, 0.05) is 23.7 Å². The predicted molar refractivity (Wildman–Crippen MR) is 129 cm³/mol. The lowest BCUT2D eigenvalue weighted by atomic mass is 9.67. The van der Waals surface area contributed by atoms with Crippen LogP contribution in [0.3, 0.4) is 0 Å². The van der Waals surface area contributed by atoms with E-state index in [1.54, 1.807) is 0 Å². The van der Waals surface area contributed by atoms with Gasteiger partial charge in [0.1, 0.15) is 5.76 Å². The van der Waals surface area contributed by atoms with Gasteiger partial charge >= 0.3 is 0 Å². The van der Waals surface area contributed by atoms with Crippen LogP contribution in [0.25, 0.3) is 11.1 Å². The molecule has 0 amide bonds.